The molecule has 1 unspecified atom stereocenters. The van der Waals surface area contributed by atoms with E-state index in [1.807, 2.05) is 27.7 Å². The van der Waals surface area contributed by atoms with Gasteiger partial charge in [-0.15, -0.1) is 0 Å². The van der Waals surface area contributed by atoms with Crippen molar-refractivity contribution < 1.29 is 4.79 Å². The summed E-state index contributed by atoms with van der Waals surface area (Å²) in [7, 11) is 0. The molecule has 0 aliphatic carbocycles. The van der Waals surface area contributed by atoms with Gasteiger partial charge in [-0.25, -0.2) is 0 Å². The van der Waals surface area contributed by atoms with E-state index >= 15 is 0 Å². The van der Waals surface area contributed by atoms with Gasteiger partial charge in [0.05, 0.1) is 0 Å². The molecule has 0 radical (unpaired) electrons. The van der Waals surface area contributed by atoms with Gasteiger partial charge in [0.2, 0.25) is 5.91 Å². The first-order valence-electron chi connectivity index (χ1n) is 5.97. The second kappa shape index (κ2) is 5.41. The quantitative estimate of drug-likeness (QED) is 0.897. The second-order valence-corrected chi connectivity index (χ2v) is 6.37. The molecule has 0 saturated heterocycles. The molecule has 1 rings (SSSR count). The van der Waals surface area contributed by atoms with Gasteiger partial charge in [-0.1, -0.05) is 35.8 Å². The van der Waals surface area contributed by atoms with Crippen molar-refractivity contribution in [3.8, 4) is 0 Å². The van der Waals surface area contributed by atoms with Gasteiger partial charge >= 0.3 is 0 Å². The molecular weight excluding hydrogens is 292 g/mol. The van der Waals surface area contributed by atoms with Gasteiger partial charge in [-0.05, 0) is 43.0 Å². The van der Waals surface area contributed by atoms with E-state index in [1.54, 1.807) is 0 Å². The highest BCUT2D eigenvalue weighted by molar-refractivity contribution is 9.10. The number of halogens is 1. The van der Waals surface area contributed by atoms with Crippen LogP contribution in [0.2, 0.25) is 0 Å². The fourth-order valence-electron chi connectivity index (χ4n) is 1.96. The highest BCUT2D eigenvalue weighted by Gasteiger charge is 2.28. The van der Waals surface area contributed by atoms with Crippen molar-refractivity contribution in [3.05, 3.63) is 33.3 Å². The molecule has 0 heterocycles. The van der Waals surface area contributed by atoms with Gasteiger partial charge in [0.25, 0.3) is 0 Å². The first kappa shape index (κ1) is 15.2. The van der Waals surface area contributed by atoms with Crippen LogP contribution < -0.4 is 11.5 Å². The topological polar surface area (TPSA) is 69.1 Å². The van der Waals surface area contributed by atoms with Crippen molar-refractivity contribution in [1.29, 1.82) is 0 Å². The SMILES string of the molecule is Cc1cc(C(N)CC(C)(C)C(N)=O)c(C)cc1Br. The first-order valence-corrected chi connectivity index (χ1v) is 6.76. The highest BCUT2D eigenvalue weighted by atomic mass is 79.9. The molecule has 0 aromatic heterocycles. The molecule has 18 heavy (non-hydrogen) atoms. The summed E-state index contributed by atoms with van der Waals surface area (Å²) >= 11 is 3.50. The molecule has 1 atom stereocenters. The predicted molar refractivity (Wildman–Crippen MR) is 78.1 cm³/mol. The van der Waals surface area contributed by atoms with E-state index in [2.05, 4.69) is 28.1 Å². The summed E-state index contributed by atoms with van der Waals surface area (Å²) in [5, 5.41) is 0. The van der Waals surface area contributed by atoms with Gasteiger partial charge in [0, 0.05) is 15.9 Å². The first-order chi connectivity index (χ1) is 8.15. The number of hydrogen-bond acceptors (Lipinski definition) is 2. The minimum atomic E-state index is -0.590. The van der Waals surface area contributed by atoms with E-state index in [1.165, 1.54) is 0 Å². The maximum atomic E-state index is 11.4. The lowest BCUT2D eigenvalue weighted by atomic mass is 9.82. The Morgan fingerprint density at radius 3 is 2.39 bits per heavy atom. The van der Waals surface area contributed by atoms with Crippen LogP contribution in [0.15, 0.2) is 16.6 Å². The zero-order chi connectivity index (χ0) is 14.1. The summed E-state index contributed by atoms with van der Waals surface area (Å²) in [4.78, 5) is 11.4. The molecule has 1 aromatic carbocycles. The second-order valence-electron chi connectivity index (χ2n) is 5.52. The van der Waals surface area contributed by atoms with Gasteiger partial charge in [-0.2, -0.15) is 0 Å². The van der Waals surface area contributed by atoms with E-state index in [9.17, 15) is 4.79 Å². The summed E-state index contributed by atoms with van der Waals surface area (Å²) in [5.74, 6) is -0.315. The number of hydrogen-bond donors (Lipinski definition) is 2. The number of carbonyl (C=O) groups excluding carboxylic acids is 1. The summed E-state index contributed by atoms with van der Waals surface area (Å²) in [5.41, 5.74) is 14.4. The van der Waals surface area contributed by atoms with E-state index < -0.39 is 5.41 Å². The number of aryl methyl sites for hydroxylation is 2. The fraction of sp³-hybridized carbons (Fsp3) is 0.500. The molecule has 100 valence electrons. The molecule has 4 heteroatoms. The van der Waals surface area contributed by atoms with Crippen molar-refractivity contribution >= 4 is 21.8 Å². The molecular formula is C14H21BrN2O. The number of amides is 1. The van der Waals surface area contributed by atoms with Crippen molar-refractivity contribution in [2.75, 3.05) is 0 Å². The zero-order valence-electron chi connectivity index (χ0n) is 11.4. The highest BCUT2D eigenvalue weighted by Crippen LogP contribution is 2.31. The summed E-state index contributed by atoms with van der Waals surface area (Å²) in [6.45, 7) is 7.71. The molecule has 0 aliphatic rings. The van der Waals surface area contributed by atoms with Crippen LogP contribution in [-0.2, 0) is 4.79 Å². The van der Waals surface area contributed by atoms with Crippen molar-refractivity contribution in [2.45, 2.75) is 40.2 Å². The predicted octanol–water partition coefficient (Wildman–Crippen LogP) is 2.97. The number of carbonyl (C=O) groups is 1. The molecule has 0 saturated carbocycles. The van der Waals surface area contributed by atoms with Gasteiger partial charge in [0.1, 0.15) is 0 Å². The van der Waals surface area contributed by atoms with Gasteiger partial charge in [-0.3, -0.25) is 4.79 Å². The van der Waals surface area contributed by atoms with Crippen LogP contribution in [0.3, 0.4) is 0 Å². The normalized spacial score (nSPS) is 13.4. The molecule has 0 bridgehead atoms. The molecule has 3 nitrogen and oxygen atoms in total. The van der Waals surface area contributed by atoms with E-state index in [-0.39, 0.29) is 11.9 Å². The van der Waals surface area contributed by atoms with Crippen LogP contribution in [0, 0.1) is 19.3 Å². The molecule has 0 aliphatic heterocycles. The van der Waals surface area contributed by atoms with Gasteiger partial charge in [0.15, 0.2) is 0 Å². The van der Waals surface area contributed by atoms with Crippen LogP contribution >= 0.6 is 15.9 Å². The van der Waals surface area contributed by atoms with Crippen molar-refractivity contribution in [1.82, 2.24) is 0 Å². The zero-order valence-corrected chi connectivity index (χ0v) is 13.0. The third-order valence-electron chi connectivity index (χ3n) is 3.34. The smallest absolute Gasteiger partial charge is 0.223 e. The Morgan fingerprint density at radius 1 is 1.33 bits per heavy atom. The monoisotopic (exact) mass is 312 g/mol. The average Bonchev–Trinajstić information content (AvgIpc) is 2.22. The molecule has 1 aromatic rings. The van der Waals surface area contributed by atoms with E-state index in [0.717, 1.165) is 21.2 Å². The van der Waals surface area contributed by atoms with Crippen LogP contribution in [-0.4, -0.2) is 5.91 Å². The Hall–Kier alpha value is -0.870. The third kappa shape index (κ3) is 3.33. The maximum absolute atomic E-state index is 11.4. The standard InChI is InChI=1S/C14H21BrN2O/c1-8-6-11(15)9(2)5-10(8)12(16)7-14(3,4)13(17)18/h5-6,12H,7,16H2,1-4H3,(H2,17,18). The molecule has 1 amide bonds. The van der Waals surface area contributed by atoms with E-state index in [0.29, 0.717) is 6.42 Å². The number of nitrogens with two attached hydrogens (primary N) is 2. The van der Waals surface area contributed by atoms with Crippen LogP contribution in [0.25, 0.3) is 0 Å². The minimum absolute atomic E-state index is 0.181. The molecule has 0 spiro atoms. The number of benzene rings is 1. The van der Waals surface area contributed by atoms with Crippen LogP contribution in [0.5, 0.6) is 0 Å². The summed E-state index contributed by atoms with van der Waals surface area (Å²) in [6, 6.07) is 3.95. The lowest BCUT2D eigenvalue weighted by molar-refractivity contribution is -0.126. The number of rotatable bonds is 4. The van der Waals surface area contributed by atoms with Gasteiger partial charge < -0.3 is 11.5 Å². The molecule has 0 fully saturated rings. The Labute approximate surface area is 117 Å². The molecule has 4 N–H and O–H groups in total. The van der Waals surface area contributed by atoms with Crippen LogP contribution in [0.1, 0.15) is 43.0 Å². The van der Waals surface area contributed by atoms with Crippen molar-refractivity contribution in [2.24, 2.45) is 16.9 Å². The summed E-state index contributed by atoms with van der Waals surface area (Å²) < 4.78 is 1.07. The Kier molecular flexibility index (Phi) is 4.56. The largest absolute Gasteiger partial charge is 0.369 e. The van der Waals surface area contributed by atoms with Crippen molar-refractivity contribution in [3.63, 3.8) is 0 Å². The maximum Gasteiger partial charge on any atom is 0.223 e. The fourth-order valence-corrected chi connectivity index (χ4v) is 2.42. The third-order valence-corrected chi connectivity index (χ3v) is 4.20. The Morgan fingerprint density at radius 2 is 1.89 bits per heavy atom. The minimum Gasteiger partial charge on any atom is -0.369 e. The van der Waals surface area contributed by atoms with E-state index in [4.69, 9.17) is 11.5 Å². The Balaban J connectivity index is 3.01. The van der Waals surface area contributed by atoms with Crippen LogP contribution in [0.4, 0.5) is 0 Å². The lowest BCUT2D eigenvalue weighted by Gasteiger charge is -2.26. The summed E-state index contributed by atoms with van der Waals surface area (Å²) in [6.07, 6.45) is 0.546. The Bertz CT molecular complexity index is 469. The lowest BCUT2D eigenvalue weighted by Crippen LogP contribution is -2.34. The average molecular weight is 313 g/mol. The number of primary amides is 1.